The minimum atomic E-state index is -4.81. The lowest BCUT2D eigenvalue weighted by molar-refractivity contribution is -0.142. The summed E-state index contributed by atoms with van der Waals surface area (Å²) in [5.41, 5.74) is -2.24. The zero-order valence-electron chi connectivity index (χ0n) is 40.2. The number of allylic oxidation sites excluding steroid dienone is 2. The third-order valence-electron chi connectivity index (χ3n) is 12.7. The van der Waals surface area contributed by atoms with Crippen molar-refractivity contribution in [2.24, 2.45) is 0 Å². The highest BCUT2D eigenvalue weighted by Gasteiger charge is 2.47. The summed E-state index contributed by atoms with van der Waals surface area (Å²) in [7, 11) is 0. The van der Waals surface area contributed by atoms with Crippen molar-refractivity contribution in [2.75, 3.05) is 62.3 Å². The second-order valence-electron chi connectivity index (χ2n) is 17.1. The van der Waals surface area contributed by atoms with Crippen molar-refractivity contribution >= 4 is 47.2 Å². The molecule has 0 aliphatic carbocycles. The van der Waals surface area contributed by atoms with Crippen LogP contribution in [0.4, 0.5) is 47.3 Å². The smallest absolute Gasteiger partial charge is 0.416 e. The molecule has 3 heterocycles. The van der Waals surface area contributed by atoms with Gasteiger partial charge in [-0.3, -0.25) is 19.4 Å². The van der Waals surface area contributed by atoms with Gasteiger partial charge < -0.3 is 29.1 Å². The van der Waals surface area contributed by atoms with E-state index in [0.29, 0.717) is 0 Å². The molecule has 0 spiro atoms. The molecule has 4 aromatic carbocycles. The summed E-state index contributed by atoms with van der Waals surface area (Å²) < 4.78 is 94.7. The fourth-order valence-corrected chi connectivity index (χ4v) is 9.09. The van der Waals surface area contributed by atoms with E-state index in [1.807, 2.05) is 12.1 Å². The normalized spacial score (nSPS) is 17.6. The average Bonchev–Trinajstić information content (AvgIpc) is 3.37. The van der Waals surface area contributed by atoms with Gasteiger partial charge in [-0.1, -0.05) is 36.4 Å². The Morgan fingerprint density at radius 2 is 0.905 bits per heavy atom. The number of nitrogens with zero attached hydrogens (tertiary/aromatic N) is 8. The molecule has 0 aromatic heterocycles. The van der Waals surface area contributed by atoms with E-state index in [1.54, 1.807) is 0 Å². The number of halogens is 6. The SMILES string of the molecule is CCOC(=O)C1=C(C)N(c2cccc(C(F)(F)F)c2)C(=O)N(CC(=O)N2CCN(C(=O)CN3C(=O)N(c4cccc(C(F)(F)F)c4)C(C)=C(C(=O)OCC)[C@H]3c3ccc(C#N)cc3)CC2)C1c1ccc(C#N)cc1. The van der Waals surface area contributed by atoms with E-state index in [-0.39, 0.29) is 95.6 Å². The second-order valence-corrected chi connectivity index (χ2v) is 17.1. The Labute approximate surface area is 420 Å². The maximum atomic E-state index is 14.7. The number of anilines is 2. The number of alkyl halides is 6. The molecule has 7 rings (SSSR count). The molecular formula is C52H46F6N8O8. The van der Waals surface area contributed by atoms with Crippen LogP contribution in [-0.2, 0) is 41.0 Å². The van der Waals surface area contributed by atoms with Crippen LogP contribution in [0, 0.1) is 22.7 Å². The van der Waals surface area contributed by atoms with Gasteiger partial charge in [0.05, 0.1) is 82.2 Å². The Morgan fingerprint density at radius 1 is 0.568 bits per heavy atom. The third kappa shape index (κ3) is 10.7. The average molecular weight is 1020 g/mol. The van der Waals surface area contributed by atoms with Gasteiger partial charge in [0, 0.05) is 37.6 Å². The standard InChI is InChI=1S/C52H46F6N8O8/c1-5-73-47(69)43-31(3)65(39-11-7-9-37(25-39)51(53,54)55)49(71)63(45(43)35-17-13-33(27-59)14-18-35)29-41(67)61-21-23-62(24-22-61)42(68)30-64-46(36-19-15-34(28-60)16-20-36)44(48(70)74-6-2)32(4)66(50(64)72)40-12-8-10-38(26-40)52(56,57)58/h7-20,25-26,45-46H,5-6,21-24,29-30H2,1-4H3/t45-,46?/m1/s1. The summed E-state index contributed by atoms with van der Waals surface area (Å²) >= 11 is 0. The molecule has 4 aromatic rings. The van der Waals surface area contributed by atoms with Crippen molar-refractivity contribution in [1.29, 1.82) is 10.5 Å². The summed E-state index contributed by atoms with van der Waals surface area (Å²) in [4.78, 5) is 92.5. The predicted molar refractivity (Wildman–Crippen MR) is 252 cm³/mol. The van der Waals surface area contributed by atoms with E-state index in [9.17, 15) is 65.6 Å². The van der Waals surface area contributed by atoms with Crippen molar-refractivity contribution in [2.45, 2.75) is 52.1 Å². The van der Waals surface area contributed by atoms with Crippen molar-refractivity contribution in [1.82, 2.24) is 19.6 Å². The topological polar surface area (TPSA) is 188 Å². The molecule has 1 saturated heterocycles. The van der Waals surface area contributed by atoms with E-state index in [4.69, 9.17) is 9.47 Å². The van der Waals surface area contributed by atoms with Crippen molar-refractivity contribution in [3.8, 4) is 12.1 Å². The zero-order chi connectivity index (χ0) is 53.8. The molecule has 0 radical (unpaired) electrons. The predicted octanol–water partition coefficient (Wildman–Crippen LogP) is 8.48. The van der Waals surface area contributed by atoms with Gasteiger partial charge in [0.2, 0.25) is 11.8 Å². The Hall–Kier alpha value is -8.66. The number of rotatable bonds is 12. The monoisotopic (exact) mass is 1020 g/mol. The second kappa shape index (κ2) is 21.6. The number of nitriles is 2. The van der Waals surface area contributed by atoms with Gasteiger partial charge in [0.1, 0.15) is 13.1 Å². The Bertz CT molecular complexity index is 2820. The highest BCUT2D eigenvalue weighted by Crippen LogP contribution is 2.44. The number of esters is 2. The van der Waals surface area contributed by atoms with E-state index in [2.05, 4.69) is 0 Å². The number of ether oxygens (including phenoxy) is 2. The number of carbonyl (C=O) groups is 6. The number of amides is 6. The van der Waals surface area contributed by atoms with Crippen molar-refractivity contribution in [3.05, 3.63) is 153 Å². The summed E-state index contributed by atoms with van der Waals surface area (Å²) in [6.07, 6.45) is -9.63. The molecule has 2 atom stereocenters. The lowest BCUT2D eigenvalue weighted by atomic mass is 9.92. The molecular weight excluding hydrogens is 979 g/mol. The van der Waals surface area contributed by atoms with Gasteiger partial charge in [0.25, 0.3) is 0 Å². The molecule has 3 aliphatic heterocycles. The van der Waals surface area contributed by atoms with Crippen molar-refractivity contribution < 1.29 is 64.6 Å². The number of urea groups is 2. The number of hydrogen-bond acceptors (Lipinski definition) is 10. The van der Waals surface area contributed by atoms with E-state index >= 15 is 0 Å². The Balaban J connectivity index is 1.19. The van der Waals surface area contributed by atoms with Crippen LogP contribution in [-0.4, -0.2) is 108 Å². The maximum Gasteiger partial charge on any atom is 0.416 e. The van der Waals surface area contributed by atoms with Crippen LogP contribution in [0.1, 0.15) is 73.2 Å². The molecule has 0 N–H and O–H groups in total. The maximum absolute atomic E-state index is 14.7. The van der Waals surface area contributed by atoms with Crippen LogP contribution in [0.15, 0.2) is 120 Å². The number of carbonyl (C=O) groups excluding carboxylic acids is 6. The molecule has 22 heteroatoms. The van der Waals surface area contributed by atoms with Gasteiger partial charge in [0.15, 0.2) is 0 Å². The van der Waals surface area contributed by atoms with Crippen LogP contribution in [0.5, 0.6) is 0 Å². The van der Waals surface area contributed by atoms with E-state index in [0.717, 1.165) is 56.0 Å². The van der Waals surface area contributed by atoms with E-state index in [1.165, 1.54) is 98.2 Å². The molecule has 384 valence electrons. The Morgan fingerprint density at radius 3 is 1.20 bits per heavy atom. The first-order valence-corrected chi connectivity index (χ1v) is 23.0. The quantitative estimate of drug-likeness (QED) is 0.0984. The molecule has 0 bridgehead atoms. The van der Waals surface area contributed by atoms with Crippen LogP contribution >= 0.6 is 0 Å². The zero-order valence-corrected chi connectivity index (χ0v) is 40.2. The molecule has 1 unspecified atom stereocenters. The fourth-order valence-electron chi connectivity index (χ4n) is 9.09. The molecule has 1 fully saturated rings. The molecule has 74 heavy (non-hydrogen) atoms. The number of piperazine rings is 1. The highest BCUT2D eigenvalue weighted by molar-refractivity contribution is 6.06. The molecule has 3 aliphatic rings. The minimum absolute atomic E-state index is 0.0791. The summed E-state index contributed by atoms with van der Waals surface area (Å²) in [6.45, 7) is 3.42. The molecule has 16 nitrogen and oxygen atoms in total. The lowest BCUT2D eigenvalue weighted by Gasteiger charge is -2.44. The first-order chi connectivity index (χ1) is 35.1. The van der Waals surface area contributed by atoms with Gasteiger partial charge in [-0.05, 0) is 99.5 Å². The first kappa shape index (κ1) is 53.1. The van der Waals surface area contributed by atoms with Crippen LogP contribution < -0.4 is 9.80 Å². The van der Waals surface area contributed by atoms with Gasteiger partial charge in [-0.15, -0.1) is 0 Å². The third-order valence-corrected chi connectivity index (χ3v) is 12.7. The van der Waals surface area contributed by atoms with Crippen LogP contribution in [0.25, 0.3) is 0 Å². The summed E-state index contributed by atoms with van der Waals surface area (Å²) in [5.74, 6) is -3.25. The summed E-state index contributed by atoms with van der Waals surface area (Å²) in [6, 6.07) is 18.6. The highest BCUT2D eigenvalue weighted by atomic mass is 19.4. The summed E-state index contributed by atoms with van der Waals surface area (Å²) in [5, 5.41) is 19.0. The van der Waals surface area contributed by atoms with Gasteiger partial charge in [-0.2, -0.15) is 36.9 Å². The van der Waals surface area contributed by atoms with Gasteiger partial charge >= 0.3 is 36.4 Å². The Kier molecular flexibility index (Phi) is 15.5. The van der Waals surface area contributed by atoms with Gasteiger partial charge in [-0.25, -0.2) is 19.2 Å². The van der Waals surface area contributed by atoms with Crippen LogP contribution in [0.2, 0.25) is 0 Å². The van der Waals surface area contributed by atoms with Crippen molar-refractivity contribution in [3.63, 3.8) is 0 Å². The molecule has 0 saturated carbocycles. The first-order valence-electron chi connectivity index (χ1n) is 23.0. The number of hydrogen-bond donors (Lipinski definition) is 0. The van der Waals surface area contributed by atoms with Crippen LogP contribution in [0.3, 0.4) is 0 Å². The number of benzene rings is 4. The fraction of sp³-hybridized carbons (Fsp3) is 0.308. The van der Waals surface area contributed by atoms with E-state index < -0.39 is 84.5 Å². The minimum Gasteiger partial charge on any atom is -0.463 e. The lowest BCUT2D eigenvalue weighted by Crippen LogP contribution is -2.58. The largest absolute Gasteiger partial charge is 0.463 e. The molecule has 6 amide bonds.